The number of aliphatic imine (C=N–C) groups is 1. The van der Waals surface area contributed by atoms with Crippen molar-refractivity contribution < 1.29 is 19.1 Å². The van der Waals surface area contributed by atoms with E-state index in [0.717, 1.165) is 12.1 Å². The van der Waals surface area contributed by atoms with Crippen molar-refractivity contribution in [3.63, 3.8) is 0 Å². The predicted molar refractivity (Wildman–Crippen MR) is 121 cm³/mol. The number of para-hydroxylation sites is 2. The average Bonchev–Trinajstić information content (AvgIpc) is 3.05. The summed E-state index contributed by atoms with van der Waals surface area (Å²) in [5.41, 5.74) is 1.29. The molecule has 1 aliphatic rings. The summed E-state index contributed by atoms with van der Waals surface area (Å²) in [6.45, 7) is 2.66. The number of methoxy groups -OCH3 is 1. The van der Waals surface area contributed by atoms with Gasteiger partial charge in [0.05, 0.1) is 25.1 Å². The average molecular weight is 428 g/mol. The number of carbonyl (C=O) groups is 2. The first-order valence-corrected chi connectivity index (χ1v) is 10.6. The van der Waals surface area contributed by atoms with Gasteiger partial charge in [-0.05, 0) is 42.8 Å². The van der Waals surface area contributed by atoms with Crippen LogP contribution in [-0.4, -0.2) is 43.0 Å². The lowest BCUT2D eigenvalue weighted by Gasteiger charge is -2.17. The van der Waals surface area contributed by atoms with Crippen molar-refractivity contribution in [2.75, 3.05) is 31.0 Å². The number of amidine groups is 1. The summed E-state index contributed by atoms with van der Waals surface area (Å²) >= 11 is 1.24. The zero-order valence-electron chi connectivity index (χ0n) is 17.3. The molecule has 1 saturated heterocycles. The van der Waals surface area contributed by atoms with Crippen molar-refractivity contribution in [1.82, 2.24) is 0 Å². The standard InChI is InChI=1S/C22H25N3O4S/c1-4-13-29-16-11-9-15(10-12-16)25-20(26)14-19(21(25)27)30-22(23-2)24-17-7-5-6-8-18(17)28-3/h5-12,19H,4,13-14H2,1-3H3,(H,23,24)/t19-/m1/s1. The van der Waals surface area contributed by atoms with Crippen LogP contribution in [0, 0.1) is 0 Å². The second-order valence-electron chi connectivity index (χ2n) is 6.57. The van der Waals surface area contributed by atoms with Gasteiger partial charge in [0.1, 0.15) is 16.7 Å². The highest BCUT2D eigenvalue weighted by molar-refractivity contribution is 8.15. The van der Waals surface area contributed by atoms with Gasteiger partial charge >= 0.3 is 0 Å². The van der Waals surface area contributed by atoms with Crippen LogP contribution in [0.1, 0.15) is 19.8 Å². The van der Waals surface area contributed by atoms with E-state index in [0.29, 0.717) is 29.0 Å². The van der Waals surface area contributed by atoms with Crippen LogP contribution >= 0.6 is 11.8 Å². The molecular weight excluding hydrogens is 402 g/mol. The quantitative estimate of drug-likeness (QED) is 0.409. The van der Waals surface area contributed by atoms with Crippen LogP contribution in [0.5, 0.6) is 11.5 Å². The van der Waals surface area contributed by atoms with Crippen LogP contribution in [0.15, 0.2) is 53.5 Å². The smallest absolute Gasteiger partial charge is 0.247 e. The van der Waals surface area contributed by atoms with E-state index < -0.39 is 5.25 Å². The fourth-order valence-corrected chi connectivity index (χ4v) is 3.99. The fourth-order valence-electron chi connectivity index (χ4n) is 3.01. The Bertz CT molecular complexity index is 930. The van der Waals surface area contributed by atoms with Gasteiger partial charge in [0, 0.05) is 13.5 Å². The molecule has 2 aromatic rings. The number of carbonyl (C=O) groups excluding carboxylic acids is 2. The third-order valence-electron chi connectivity index (χ3n) is 4.48. The minimum Gasteiger partial charge on any atom is -0.495 e. The molecule has 1 fully saturated rings. The minimum absolute atomic E-state index is 0.115. The minimum atomic E-state index is -0.547. The van der Waals surface area contributed by atoms with E-state index in [1.807, 2.05) is 31.2 Å². The largest absolute Gasteiger partial charge is 0.495 e. The van der Waals surface area contributed by atoms with Gasteiger partial charge < -0.3 is 14.8 Å². The number of benzene rings is 2. The van der Waals surface area contributed by atoms with E-state index in [2.05, 4.69) is 10.3 Å². The first kappa shape index (κ1) is 21.7. The van der Waals surface area contributed by atoms with E-state index in [4.69, 9.17) is 9.47 Å². The highest BCUT2D eigenvalue weighted by Gasteiger charge is 2.40. The van der Waals surface area contributed by atoms with Crippen LogP contribution in [0.3, 0.4) is 0 Å². The molecule has 1 heterocycles. The Morgan fingerprint density at radius 1 is 1.20 bits per heavy atom. The highest BCUT2D eigenvalue weighted by atomic mass is 32.2. The van der Waals surface area contributed by atoms with Crippen molar-refractivity contribution >= 4 is 40.1 Å². The van der Waals surface area contributed by atoms with Crippen molar-refractivity contribution in [3.8, 4) is 11.5 Å². The maximum absolute atomic E-state index is 12.9. The summed E-state index contributed by atoms with van der Waals surface area (Å²) in [6.07, 6.45) is 1.03. The monoisotopic (exact) mass is 427 g/mol. The van der Waals surface area contributed by atoms with Gasteiger partial charge in [-0.1, -0.05) is 30.8 Å². The molecule has 0 radical (unpaired) electrons. The molecule has 30 heavy (non-hydrogen) atoms. The van der Waals surface area contributed by atoms with E-state index >= 15 is 0 Å². The Morgan fingerprint density at radius 3 is 2.60 bits per heavy atom. The van der Waals surface area contributed by atoms with Crippen LogP contribution < -0.4 is 19.7 Å². The Kier molecular flexibility index (Phi) is 7.35. The van der Waals surface area contributed by atoms with Gasteiger partial charge in [-0.3, -0.25) is 14.6 Å². The molecule has 0 aliphatic carbocycles. The zero-order chi connectivity index (χ0) is 21.5. The number of nitrogens with zero attached hydrogens (tertiary/aromatic N) is 2. The summed E-state index contributed by atoms with van der Waals surface area (Å²) in [4.78, 5) is 31.0. The van der Waals surface area contributed by atoms with Crippen molar-refractivity contribution in [2.24, 2.45) is 4.99 Å². The lowest BCUT2D eigenvalue weighted by molar-refractivity contribution is -0.121. The number of hydrogen-bond acceptors (Lipinski definition) is 6. The molecule has 0 bridgehead atoms. The van der Waals surface area contributed by atoms with Crippen molar-refractivity contribution in [3.05, 3.63) is 48.5 Å². The number of amides is 2. The molecule has 1 aliphatic heterocycles. The van der Waals surface area contributed by atoms with Gasteiger partial charge in [-0.2, -0.15) is 0 Å². The molecule has 0 unspecified atom stereocenters. The molecule has 2 amide bonds. The lowest BCUT2D eigenvalue weighted by Crippen LogP contribution is -2.31. The van der Waals surface area contributed by atoms with E-state index in [1.165, 1.54) is 16.7 Å². The van der Waals surface area contributed by atoms with Crippen LogP contribution in [0.25, 0.3) is 0 Å². The number of hydrogen-bond donors (Lipinski definition) is 1. The number of rotatable bonds is 7. The number of imide groups is 1. The highest BCUT2D eigenvalue weighted by Crippen LogP contribution is 2.32. The zero-order valence-corrected chi connectivity index (χ0v) is 18.1. The van der Waals surface area contributed by atoms with Gasteiger partial charge in [0.2, 0.25) is 11.8 Å². The summed E-state index contributed by atoms with van der Waals surface area (Å²) in [6, 6.07) is 14.5. The summed E-state index contributed by atoms with van der Waals surface area (Å²) < 4.78 is 10.9. The lowest BCUT2D eigenvalue weighted by atomic mass is 10.3. The van der Waals surface area contributed by atoms with E-state index in [-0.39, 0.29) is 18.2 Å². The van der Waals surface area contributed by atoms with E-state index in [1.54, 1.807) is 38.4 Å². The maximum Gasteiger partial charge on any atom is 0.247 e. The van der Waals surface area contributed by atoms with Crippen LogP contribution in [0.2, 0.25) is 0 Å². The Hall–Kier alpha value is -3.00. The Labute approximate surface area is 180 Å². The van der Waals surface area contributed by atoms with Gasteiger partial charge in [0.15, 0.2) is 5.17 Å². The first-order chi connectivity index (χ1) is 14.6. The molecule has 7 nitrogen and oxygen atoms in total. The first-order valence-electron chi connectivity index (χ1n) is 9.70. The third kappa shape index (κ3) is 4.94. The fraction of sp³-hybridized carbons (Fsp3) is 0.318. The van der Waals surface area contributed by atoms with Crippen LogP contribution in [0.4, 0.5) is 11.4 Å². The summed E-state index contributed by atoms with van der Waals surface area (Å²) in [5.74, 6) is 0.898. The summed E-state index contributed by atoms with van der Waals surface area (Å²) in [7, 11) is 3.23. The molecule has 2 aromatic carbocycles. The van der Waals surface area contributed by atoms with Gasteiger partial charge in [0.25, 0.3) is 0 Å². The third-order valence-corrected chi connectivity index (χ3v) is 5.64. The van der Waals surface area contributed by atoms with Crippen molar-refractivity contribution in [2.45, 2.75) is 25.0 Å². The SMILES string of the molecule is CCCOc1ccc(N2C(=O)C[C@@H](SC(=NC)Nc3ccccc3OC)C2=O)cc1. The molecule has 8 heteroatoms. The predicted octanol–water partition coefficient (Wildman–Crippen LogP) is 3.95. The van der Waals surface area contributed by atoms with Gasteiger partial charge in [-0.15, -0.1) is 0 Å². The number of anilines is 2. The Balaban J connectivity index is 1.69. The molecule has 1 atom stereocenters. The van der Waals surface area contributed by atoms with E-state index in [9.17, 15) is 9.59 Å². The molecule has 158 valence electrons. The molecule has 3 rings (SSSR count). The second-order valence-corrected chi connectivity index (χ2v) is 7.77. The van der Waals surface area contributed by atoms with Gasteiger partial charge in [-0.25, -0.2) is 4.90 Å². The number of ether oxygens (including phenoxy) is 2. The topological polar surface area (TPSA) is 80.2 Å². The maximum atomic E-state index is 12.9. The molecule has 0 aromatic heterocycles. The number of nitrogens with one attached hydrogen (secondary N) is 1. The normalized spacial score (nSPS) is 16.7. The van der Waals surface area contributed by atoms with Crippen LogP contribution in [-0.2, 0) is 9.59 Å². The van der Waals surface area contributed by atoms with Crippen molar-refractivity contribution in [1.29, 1.82) is 0 Å². The molecular formula is C22H25N3O4S. The molecule has 0 spiro atoms. The molecule has 0 saturated carbocycles. The Morgan fingerprint density at radius 2 is 1.93 bits per heavy atom. The second kappa shape index (κ2) is 10.2. The molecule has 1 N–H and O–H groups in total. The number of thioether (sulfide) groups is 1. The summed E-state index contributed by atoms with van der Waals surface area (Å²) in [5, 5.41) is 3.17.